The molecular weight excluding hydrogens is 331 g/mol. The molecule has 0 amide bonds. The molecule has 0 bridgehead atoms. The van der Waals surface area contributed by atoms with E-state index in [-0.39, 0.29) is 17.3 Å². The minimum atomic E-state index is -4.48. The van der Waals surface area contributed by atoms with Gasteiger partial charge < -0.3 is 5.32 Å². The Balaban J connectivity index is 1.70. The van der Waals surface area contributed by atoms with Crippen molar-refractivity contribution < 1.29 is 18.0 Å². The van der Waals surface area contributed by atoms with Crippen LogP contribution in [0.3, 0.4) is 0 Å². The molecule has 0 saturated carbocycles. The van der Waals surface area contributed by atoms with Crippen LogP contribution in [0.1, 0.15) is 50.7 Å². The van der Waals surface area contributed by atoms with E-state index < -0.39 is 11.8 Å². The lowest BCUT2D eigenvalue weighted by molar-refractivity contribution is -0.166. The van der Waals surface area contributed by atoms with Crippen LogP contribution in [-0.4, -0.2) is 18.5 Å². The fourth-order valence-corrected chi connectivity index (χ4v) is 2.87. The van der Waals surface area contributed by atoms with Crippen molar-refractivity contribution in [2.45, 2.75) is 57.9 Å². The summed E-state index contributed by atoms with van der Waals surface area (Å²) in [7, 11) is 0. The SMILES string of the molecule is CCC(CCCCNCc1ccc(C2(C(F)(F)F)N=N2)cc1)C(C)=O. The van der Waals surface area contributed by atoms with Crippen LogP contribution >= 0.6 is 0 Å². The summed E-state index contributed by atoms with van der Waals surface area (Å²) in [5.74, 6) is 0.410. The van der Waals surface area contributed by atoms with Crippen molar-refractivity contribution in [1.29, 1.82) is 0 Å². The number of rotatable bonds is 10. The second-order valence-corrected chi connectivity index (χ2v) is 6.46. The molecule has 0 aliphatic carbocycles. The number of halogens is 3. The van der Waals surface area contributed by atoms with E-state index in [1.165, 1.54) is 12.1 Å². The number of alkyl halides is 3. The van der Waals surface area contributed by atoms with Gasteiger partial charge >= 0.3 is 11.8 Å². The number of unbranched alkanes of at least 4 members (excludes halogenated alkanes) is 1. The monoisotopic (exact) mass is 355 g/mol. The second kappa shape index (κ2) is 8.08. The van der Waals surface area contributed by atoms with Crippen molar-refractivity contribution in [2.24, 2.45) is 16.1 Å². The first-order valence-corrected chi connectivity index (χ1v) is 8.61. The van der Waals surface area contributed by atoms with Crippen LogP contribution in [0.4, 0.5) is 13.2 Å². The van der Waals surface area contributed by atoms with Gasteiger partial charge in [-0.15, -0.1) is 10.2 Å². The number of benzene rings is 1. The first-order valence-electron chi connectivity index (χ1n) is 8.61. The highest BCUT2D eigenvalue weighted by Gasteiger charge is 2.65. The molecule has 1 aromatic rings. The molecule has 1 atom stereocenters. The Bertz CT molecular complexity index is 605. The van der Waals surface area contributed by atoms with E-state index in [1.54, 1.807) is 19.1 Å². The second-order valence-electron chi connectivity index (χ2n) is 6.46. The van der Waals surface area contributed by atoms with Gasteiger partial charge in [-0.05, 0) is 38.3 Å². The molecule has 0 aromatic heterocycles. The minimum absolute atomic E-state index is 0.0543. The third kappa shape index (κ3) is 4.87. The summed E-state index contributed by atoms with van der Waals surface area (Å²) in [5.41, 5.74) is -1.37. The zero-order valence-electron chi connectivity index (χ0n) is 14.6. The predicted molar refractivity (Wildman–Crippen MR) is 89.1 cm³/mol. The molecule has 1 N–H and O–H groups in total. The lowest BCUT2D eigenvalue weighted by Crippen LogP contribution is -2.30. The Kier molecular flexibility index (Phi) is 6.32. The molecule has 2 rings (SSSR count). The Labute approximate surface area is 145 Å². The van der Waals surface area contributed by atoms with Crippen LogP contribution in [0.25, 0.3) is 0 Å². The largest absolute Gasteiger partial charge is 0.442 e. The molecule has 1 unspecified atom stereocenters. The molecule has 25 heavy (non-hydrogen) atoms. The third-order valence-electron chi connectivity index (χ3n) is 4.60. The van der Waals surface area contributed by atoms with Gasteiger partial charge in [-0.3, -0.25) is 4.79 Å². The standard InChI is InChI=1S/C18H24F3N3O/c1-3-15(13(2)25)6-4-5-11-22-12-14-7-9-16(10-8-14)17(23-24-17)18(19,20)21/h7-10,15,22H,3-6,11-12H2,1-2H3. The fraction of sp³-hybridized carbons (Fsp3) is 0.611. The summed E-state index contributed by atoms with van der Waals surface area (Å²) in [6.07, 6.45) is -0.733. The quantitative estimate of drug-likeness (QED) is 0.616. The van der Waals surface area contributed by atoms with Gasteiger partial charge in [-0.1, -0.05) is 37.6 Å². The molecule has 0 fully saturated rings. The number of Topliss-reactive ketones (excluding diaryl/α,β-unsaturated/α-hetero) is 1. The van der Waals surface area contributed by atoms with Gasteiger partial charge in [0.1, 0.15) is 5.78 Å². The van der Waals surface area contributed by atoms with Crippen molar-refractivity contribution in [1.82, 2.24) is 5.32 Å². The smallest absolute Gasteiger partial charge is 0.313 e. The summed E-state index contributed by atoms with van der Waals surface area (Å²) in [6.45, 7) is 5.07. The van der Waals surface area contributed by atoms with Gasteiger partial charge in [-0.2, -0.15) is 13.2 Å². The summed E-state index contributed by atoms with van der Waals surface area (Å²) >= 11 is 0. The lowest BCUT2D eigenvalue weighted by Gasteiger charge is -2.15. The van der Waals surface area contributed by atoms with Crippen molar-refractivity contribution in [3.05, 3.63) is 35.4 Å². The van der Waals surface area contributed by atoms with Crippen LogP contribution in [0.5, 0.6) is 0 Å². The third-order valence-corrected chi connectivity index (χ3v) is 4.60. The van der Waals surface area contributed by atoms with Gasteiger partial charge in [0.05, 0.1) is 0 Å². The Morgan fingerprint density at radius 3 is 2.32 bits per heavy atom. The summed E-state index contributed by atoms with van der Waals surface area (Å²) < 4.78 is 38.7. The van der Waals surface area contributed by atoms with Crippen molar-refractivity contribution in [3.63, 3.8) is 0 Å². The molecule has 1 heterocycles. The number of nitrogens with zero attached hydrogens (tertiary/aromatic N) is 2. The van der Waals surface area contributed by atoms with Crippen LogP contribution in [0.2, 0.25) is 0 Å². The Morgan fingerprint density at radius 2 is 1.84 bits per heavy atom. The van der Waals surface area contributed by atoms with Crippen molar-refractivity contribution >= 4 is 5.78 Å². The zero-order chi connectivity index (χ0) is 18.5. The molecule has 7 heteroatoms. The number of hydrogen-bond donors (Lipinski definition) is 1. The van der Waals surface area contributed by atoms with E-state index >= 15 is 0 Å². The minimum Gasteiger partial charge on any atom is -0.313 e. The number of hydrogen-bond acceptors (Lipinski definition) is 4. The molecule has 0 radical (unpaired) electrons. The summed E-state index contributed by atoms with van der Waals surface area (Å²) in [6, 6.07) is 6.20. The molecular formula is C18H24F3N3O. The van der Waals surface area contributed by atoms with E-state index in [0.29, 0.717) is 6.54 Å². The fourth-order valence-electron chi connectivity index (χ4n) is 2.87. The molecule has 1 aromatic carbocycles. The highest BCUT2D eigenvalue weighted by Crippen LogP contribution is 2.52. The normalized spacial score (nSPS) is 16.7. The average Bonchev–Trinajstić information content (AvgIpc) is 3.36. The van der Waals surface area contributed by atoms with Crippen LogP contribution < -0.4 is 5.32 Å². The van der Waals surface area contributed by atoms with Crippen LogP contribution in [-0.2, 0) is 17.0 Å². The highest BCUT2D eigenvalue weighted by atomic mass is 19.4. The first-order chi connectivity index (χ1) is 11.8. The first kappa shape index (κ1) is 19.6. The predicted octanol–water partition coefficient (Wildman–Crippen LogP) is 4.74. The van der Waals surface area contributed by atoms with Crippen molar-refractivity contribution in [3.8, 4) is 0 Å². The van der Waals surface area contributed by atoms with Gasteiger partial charge in [0.25, 0.3) is 0 Å². The van der Waals surface area contributed by atoms with Gasteiger partial charge in [0.2, 0.25) is 0 Å². The maximum Gasteiger partial charge on any atom is 0.442 e. The summed E-state index contributed by atoms with van der Waals surface area (Å²) in [4.78, 5) is 11.3. The molecule has 1 aliphatic rings. The number of carbonyl (C=O) groups is 1. The molecule has 0 spiro atoms. The van der Waals surface area contributed by atoms with Gasteiger partial charge in [0, 0.05) is 18.0 Å². The Morgan fingerprint density at radius 1 is 1.20 bits per heavy atom. The van der Waals surface area contributed by atoms with E-state index in [1.807, 2.05) is 6.92 Å². The van der Waals surface area contributed by atoms with Crippen molar-refractivity contribution in [2.75, 3.05) is 6.54 Å². The maximum absolute atomic E-state index is 12.9. The number of carbonyl (C=O) groups excluding carboxylic acids is 1. The summed E-state index contributed by atoms with van der Waals surface area (Å²) in [5, 5.41) is 9.66. The van der Waals surface area contributed by atoms with Crippen LogP contribution in [0, 0.1) is 5.92 Å². The zero-order valence-corrected chi connectivity index (χ0v) is 14.6. The molecule has 138 valence electrons. The van der Waals surface area contributed by atoms with Gasteiger partial charge in [0.15, 0.2) is 0 Å². The van der Waals surface area contributed by atoms with E-state index in [2.05, 4.69) is 15.5 Å². The van der Waals surface area contributed by atoms with Crippen LogP contribution in [0.15, 0.2) is 34.5 Å². The topological polar surface area (TPSA) is 53.8 Å². The highest BCUT2D eigenvalue weighted by molar-refractivity contribution is 5.78. The average molecular weight is 355 g/mol. The van der Waals surface area contributed by atoms with E-state index in [4.69, 9.17) is 0 Å². The number of nitrogens with one attached hydrogen (secondary N) is 1. The molecule has 4 nitrogen and oxygen atoms in total. The Hall–Kier alpha value is -1.76. The number of ketones is 1. The van der Waals surface area contributed by atoms with E-state index in [9.17, 15) is 18.0 Å². The lowest BCUT2D eigenvalue weighted by atomic mass is 9.95. The van der Waals surface area contributed by atoms with E-state index in [0.717, 1.165) is 37.8 Å². The molecule has 0 saturated heterocycles. The maximum atomic E-state index is 12.9. The molecule has 1 aliphatic heterocycles. The van der Waals surface area contributed by atoms with Gasteiger partial charge in [-0.25, -0.2) is 0 Å².